The van der Waals surface area contributed by atoms with E-state index in [0.29, 0.717) is 0 Å². The Labute approximate surface area is 100 Å². The number of cyclic esters (lactones) is 1. The highest BCUT2D eigenvalue weighted by atomic mass is 16.5. The van der Waals surface area contributed by atoms with Crippen LogP contribution in [0.2, 0.25) is 0 Å². The molecule has 2 heterocycles. The Morgan fingerprint density at radius 3 is 3.60 bits per heavy atom. The first kappa shape index (κ1) is 4.28. The summed E-state index contributed by atoms with van der Waals surface area (Å²) < 4.78 is 67.0. The van der Waals surface area contributed by atoms with Gasteiger partial charge in [0.25, 0.3) is 0 Å². The maximum atomic E-state index is 12.0. The molecule has 0 unspecified atom stereocenters. The zero-order valence-electron chi connectivity index (χ0n) is 16.2. The van der Waals surface area contributed by atoms with Crippen molar-refractivity contribution in [3.63, 3.8) is 0 Å². The highest BCUT2D eigenvalue weighted by Crippen LogP contribution is 2.27. The number of hydrogen-bond donors (Lipinski definition) is 0. The summed E-state index contributed by atoms with van der Waals surface area (Å²) in [5.74, 6) is -5.33. The molecule has 0 spiro atoms. The molecule has 1 aromatic heterocycles. The van der Waals surface area contributed by atoms with E-state index in [9.17, 15) is 4.79 Å². The van der Waals surface area contributed by atoms with Gasteiger partial charge in [-0.15, -0.1) is 0 Å². The van der Waals surface area contributed by atoms with Crippen molar-refractivity contribution in [2.45, 2.75) is 19.7 Å². The number of aryl methyl sites for hydroxylation is 1. The molecule has 4 nitrogen and oxygen atoms in total. The van der Waals surface area contributed by atoms with Gasteiger partial charge in [-0.2, -0.15) is 0 Å². The van der Waals surface area contributed by atoms with E-state index in [1.54, 1.807) is 0 Å². The zero-order chi connectivity index (χ0) is 17.8. The third-order valence-electron chi connectivity index (χ3n) is 2.26. The monoisotopic (exact) mass is 216 g/mol. The lowest BCUT2D eigenvalue weighted by Gasteiger charge is -2.12. The van der Waals surface area contributed by atoms with Crippen LogP contribution in [-0.2, 0) is 22.9 Å². The molecule has 4 heteroatoms. The predicted molar refractivity (Wildman–Crippen MR) is 55.1 cm³/mol. The molecule has 1 aromatic rings. The number of ether oxygens (including phenoxy) is 1. The molecule has 0 aliphatic carbocycles. The minimum atomic E-state index is -2.59. The smallest absolute Gasteiger partial charge is 0.309 e. The average molecular weight is 216 g/mol. The van der Waals surface area contributed by atoms with E-state index in [4.69, 9.17) is 11.0 Å². The van der Waals surface area contributed by atoms with E-state index in [2.05, 4.69) is 9.72 Å². The second kappa shape index (κ2) is 4.04. The zero-order valence-corrected chi connectivity index (χ0v) is 8.15. The molecule has 1 saturated heterocycles. The largest absolute Gasteiger partial charge is 0.465 e. The first-order valence-electron chi connectivity index (χ1n) is 8.46. The predicted octanol–water partition coefficient (Wildman–Crippen LogP) is 1.16. The van der Waals surface area contributed by atoms with Gasteiger partial charge in [-0.25, -0.2) is 4.98 Å². The van der Waals surface area contributed by atoms with Gasteiger partial charge in [-0.05, 0) is 12.8 Å². The number of carbonyl (C=O) groups is 1. The summed E-state index contributed by atoms with van der Waals surface area (Å²) in [6.07, 6.45) is -0.532. The molecular weight excluding hydrogens is 192 g/mol. The molecule has 0 saturated carbocycles. The lowest BCUT2D eigenvalue weighted by molar-refractivity contribution is -0.141. The number of esters is 1. The van der Waals surface area contributed by atoms with E-state index in [-0.39, 0.29) is 12.1 Å². The van der Waals surface area contributed by atoms with E-state index in [1.165, 1.54) is 6.20 Å². The van der Waals surface area contributed by atoms with Gasteiger partial charge in [0.05, 0.1) is 21.5 Å². The molecule has 2 atom stereocenters. The van der Waals surface area contributed by atoms with Crippen LogP contribution in [-0.4, -0.2) is 22.1 Å². The fraction of sp³-hybridized carbons (Fsp3) is 0.636. The second-order valence-electron chi connectivity index (χ2n) is 3.18. The van der Waals surface area contributed by atoms with Crippen molar-refractivity contribution in [1.82, 2.24) is 9.55 Å². The minimum Gasteiger partial charge on any atom is -0.465 e. The second-order valence-corrected chi connectivity index (χ2v) is 3.18. The Hall–Kier alpha value is -1.32. The van der Waals surface area contributed by atoms with Crippen molar-refractivity contribution in [1.29, 1.82) is 0 Å². The van der Waals surface area contributed by atoms with E-state index in [1.807, 2.05) is 0 Å². The lowest BCUT2D eigenvalue weighted by atomic mass is 9.89. The maximum absolute atomic E-state index is 12.0. The van der Waals surface area contributed by atoms with E-state index >= 15 is 0 Å². The fourth-order valence-corrected chi connectivity index (χ4v) is 1.48. The first-order chi connectivity index (χ1) is 10.2. The Bertz CT molecular complexity index is 620. The molecular formula is C11H16N2O2. The summed E-state index contributed by atoms with van der Waals surface area (Å²) in [5.41, 5.74) is 0.0676. The number of aromatic nitrogens is 2. The molecule has 0 bridgehead atoms. The molecule has 1 aliphatic rings. The molecule has 0 amide bonds. The average Bonchev–Trinajstić information content (AvgIpc) is 2.86. The van der Waals surface area contributed by atoms with Gasteiger partial charge in [-0.1, -0.05) is 6.92 Å². The van der Waals surface area contributed by atoms with Crippen LogP contribution >= 0.6 is 0 Å². The minimum absolute atomic E-state index is 0.0676. The fourth-order valence-electron chi connectivity index (χ4n) is 1.48. The van der Waals surface area contributed by atoms with Gasteiger partial charge in [0.2, 0.25) is 0 Å². The van der Waals surface area contributed by atoms with Crippen molar-refractivity contribution >= 4 is 5.97 Å². The third-order valence-corrected chi connectivity index (χ3v) is 2.26. The molecule has 1 fully saturated rings. The van der Waals surface area contributed by atoms with Gasteiger partial charge in [-0.3, -0.25) is 4.79 Å². The first-order valence-corrected chi connectivity index (χ1v) is 4.46. The van der Waals surface area contributed by atoms with Crippen molar-refractivity contribution < 1.29 is 20.5 Å². The van der Waals surface area contributed by atoms with Gasteiger partial charge < -0.3 is 9.30 Å². The molecule has 1 aliphatic heterocycles. The summed E-state index contributed by atoms with van der Waals surface area (Å²) in [4.78, 5) is 15.7. The van der Waals surface area contributed by atoms with Gasteiger partial charge in [0, 0.05) is 33.0 Å². The standard InChI is InChI=1S/C11H16N2O2/c1-3-10-8(6-15-11(10)14)4-9-5-12-7-13(9)2/h5,7-8,10H,3-4,6H2,1-2H3/t8-,10-/m0/s1/i2D3,3D2,6D2,10D. The van der Waals surface area contributed by atoms with Gasteiger partial charge in [0.1, 0.15) is 0 Å². The molecule has 2 rings (SSSR count). The van der Waals surface area contributed by atoms with Crippen LogP contribution < -0.4 is 0 Å². The number of hydrogen-bond acceptors (Lipinski definition) is 3. The molecule has 0 aromatic carbocycles. The number of rotatable bonds is 3. The highest BCUT2D eigenvalue weighted by Gasteiger charge is 2.35. The number of imidazole rings is 1. The Morgan fingerprint density at radius 1 is 2.00 bits per heavy atom. The van der Waals surface area contributed by atoms with Gasteiger partial charge in [0.15, 0.2) is 0 Å². The molecule has 82 valence electrons. The third kappa shape index (κ3) is 1.89. The van der Waals surface area contributed by atoms with Crippen molar-refractivity contribution in [3.8, 4) is 0 Å². The topological polar surface area (TPSA) is 44.1 Å². The Balaban J connectivity index is 2.48. The molecule has 0 N–H and O–H groups in total. The highest BCUT2D eigenvalue weighted by molar-refractivity contribution is 5.74. The Kier molecular flexibility index (Phi) is 1.15. The van der Waals surface area contributed by atoms with Crippen molar-refractivity contribution in [3.05, 3.63) is 18.2 Å². The van der Waals surface area contributed by atoms with Crippen LogP contribution in [0, 0.1) is 11.8 Å². The SMILES string of the molecule is [2H]C1([2H])OC(=O)[C@@]([2H])(C([2H])([2H])C)[C@H]1Cc1cncn1C([2H])([2H])[2H]. The Morgan fingerprint density at radius 2 is 2.87 bits per heavy atom. The summed E-state index contributed by atoms with van der Waals surface area (Å²) >= 11 is 0. The van der Waals surface area contributed by atoms with Crippen LogP contribution in [0.5, 0.6) is 0 Å². The maximum Gasteiger partial charge on any atom is 0.309 e. The lowest BCUT2D eigenvalue weighted by Crippen LogP contribution is -2.18. The van der Waals surface area contributed by atoms with Crippen LogP contribution in [0.15, 0.2) is 12.5 Å². The molecule has 15 heavy (non-hydrogen) atoms. The van der Waals surface area contributed by atoms with Crippen LogP contribution in [0.25, 0.3) is 0 Å². The summed E-state index contributed by atoms with van der Waals surface area (Å²) in [7, 11) is 0. The normalized spacial score (nSPS) is 43.5. The summed E-state index contributed by atoms with van der Waals surface area (Å²) in [5, 5.41) is 0. The van der Waals surface area contributed by atoms with E-state index < -0.39 is 37.7 Å². The quantitative estimate of drug-likeness (QED) is 0.712. The van der Waals surface area contributed by atoms with E-state index in [0.717, 1.165) is 17.8 Å². The van der Waals surface area contributed by atoms with Crippen LogP contribution in [0.1, 0.15) is 30.0 Å². The van der Waals surface area contributed by atoms with Crippen molar-refractivity contribution in [2.75, 3.05) is 6.56 Å². The molecule has 0 radical (unpaired) electrons. The number of nitrogens with zero attached hydrogens (tertiary/aromatic N) is 2. The summed E-state index contributed by atoms with van der Waals surface area (Å²) in [6.45, 7) is -4.15. The van der Waals surface area contributed by atoms with Crippen LogP contribution in [0.3, 0.4) is 0 Å². The van der Waals surface area contributed by atoms with Gasteiger partial charge >= 0.3 is 5.97 Å². The van der Waals surface area contributed by atoms with Crippen molar-refractivity contribution in [2.24, 2.45) is 18.8 Å². The van der Waals surface area contributed by atoms with Crippen LogP contribution in [0.4, 0.5) is 0 Å². The summed E-state index contributed by atoms with van der Waals surface area (Å²) in [6, 6.07) is 0. The number of carbonyl (C=O) groups excluding carboxylic acids is 1.